The molecule has 2 heterocycles. The Hall–Kier alpha value is -2.11. The Labute approximate surface area is 140 Å². The number of hydrogen-bond acceptors (Lipinski definition) is 4. The van der Waals surface area contributed by atoms with Gasteiger partial charge < -0.3 is 10.0 Å². The van der Waals surface area contributed by atoms with Crippen LogP contribution in [0.25, 0.3) is 0 Å². The smallest absolute Gasteiger partial charge is 0.325 e. The summed E-state index contributed by atoms with van der Waals surface area (Å²) in [6.45, 7) is 2.94. The van der Waals surface area contributed by atoms with Crippen LogP contribution in [0.5, 0.6) is 0 Å². The number of benzene rings is 1. The van der Waals surface area contributed by atoms with Gasteiger partial charge in [-0.3, -0.25) is 14.7 Å². The largest absolute Gasteiger partial charge is 0.480 e. The number of piperazine rings is 1. The average Bonchev–Trinajstić information content (AvgIpc) is 2.57. The van der Waals surface area contributed by atoms with Crippen LogP contribution in [0.2, 0.25) is 5.02 Å². The molecular formula is C17H18ClN3O2. The molecule has 23 heavy (non-hydrogen) atoms. The van der Waals surface area contributed by atoms with E-state index in [0.717, 1.165) is 29.4 Å². The molecule has 1 fully saturated rings. The Morgan fingerprint density at radius 2 is 1.83 bits per heavy atom. The molecule has 1 N–H and O–H groups in total. The number of pyridine rings is 1. The summed E-state index contributed by atoms with van der Waals surface area (Å²) in [5, 5.41) is 10.3. The lowest BCUT2D eigenvalue weighted by molar-refractivity contribution is -0.143. The van der Waals surface area contributed by atoms with Crippen LogP contribution >= 0.6 is 11.6 Å². The number of hydrogen-bond donors (Lipinski definition) is 1. The summed E-state index contributed by atoms with van der Waals surface area (Å²) in [5.74, 6) is -0.835. The van der Waals surface area contributed by atoms with E-state index in [-0.39, 0.29) is 0 Å². The lowest BCUT2D eigenvalue weighted by atomic mass is 10.1. The number of nitrogens with zero attached hydrogens (tertiary/aromatic N) is 3. The van der Waals surface area contributed by atoms with Gasteiger partial charge in [0.05, 0.1) is 0 Å². The molecule has 1 aromatic heterocycles. The summed E-state index contributed by atoms with van der Waals surface area (Å²) in [4.78, 5) is 20.0. The van der Waals surface area contributed by atoms with Gasteiger partial charge in [0.1, 0.15) is 6.04 Å². The summed E-state index contributed by atoms with van der Waals surface area (Å²) < 4.78 is 0. The highest BCUT2D eigenvalue weighted by atomic mass is 35.5. The van der Waals surface area contributed by atoms with E-state index < -0.39 is 12.0 Å². The minimum Gasteiger partial charge on any atom is -0.480 e. The topological polar surface area (TPSA) is 56.7 Å². The summed E-state index contributed by atoms with van der Waals surface area (Å²) >= 11 is 5.92. The zero-order chi connectivity index (χ0) is 16.2. The maximum absolute atomic E-state index is 11.7. The molecule has 0 unspecified atom stereocenters. The molecular weight excluding hydrogens is 314 g/mol. The molecule has 0 saturated carbocycles. The normalized spacial score (nSPS) is 17.0. The summed E-state index contributed by atoms with van der Waals surface area (Å²) in [6.07, 6.45) is 3.28. The molecule has 5 nitrogen and oxygen atoms in total. The van der Waals surface area contributed by atoms with Gasteiger partial charge in [0.2, 0.25) is 0 Å². The number of carbonyl (C=O) groups is 1. The van der Waals surface area contributed by atoms with Gasteiger partial charge in [0.15, 0.2) is 0 Å². The molecule has 120 valence electrons. The molecule has 1 aromatic carbocycles. The zero-order valence-corrected chi connectivity index (χ0v) is 13.4. The van der Waals surface area contributed by atoms with Crippen LogP contribution < -0.4 is 4.90 Å². The van der Waals surface area contributed by atoms with Gasteiger partial charge in [-0.25, -0.2) is 0 Å². The molecule has 3 rings (SSSR count). The fourth-order valence-electron chi connectivity index (χ4n) is 2.94. The minimum absolute atomic E-state index is 0.643. The number of anilines is 1. The Kier molecular flexibility index (Phi) is 4.79. The highest BCUT2D eigenvalue weighted by Crippen LogP contribution is 2.24. The van der Waals surface area contributed by atoms with Crippen molar-refractivity contribution in [2.24, 2.45) is 0 Å². The first-order chi connectivity index (χ1) is 11.1. The number of halogens is 1. The van der Waals surface area contributed by atoms with E-state index in [1.165, 1.54) is 0 Å². The molecule has 0 radical (unpaired) electrons. The van der Waals surface area contributed by atoms with Crippen LogP contribution in [-0.2, 0) is 4.79 Å². The fraction of sp³-hybridized carbons (Fsp3) is 0.294. The average molecular weight is 332 g/mol. The van der Waals surface area contributed by atoms with Crippen molar-refractivity contribution in [1.82, 2.24) is 9.88 Å². The van der Waals surface area contributed by atoms with Crippen molar-refractivity contribution in [1.29, 1.82) is 0 Å². The van der Waals surface area contributed by atoms with Crippen molar-refractivity contribution in [2.45, 2.75) is 6.04 Å². The van der Waals surface area contributed by atoms with Crippen LogP contribution in [0, 0.1) is 0 Å². The first-order valence-corrected chi connectivity index (χ1v) is 7.90. The molecule has 0 amide bonds. The highest BCUT2D eigenvalue weighted by Gasteiger charge is 2.30. The first-order valence-electron chi connectivity index (χ1n) is 7.52. The van der Waals surface area contributed by atoms with E-state index in [4.69, 9.17) is 11.6 Å². The molecule has 6 heteroatoms. The minimum atomic E-state index is -0.835. The second-order valence-electron chi connectivity index (χ2n) is 5.53. The number of aromatic nitrogens is 1. The predicted octanol–water partition coefficient (Wildman–Crippen LogP) is 2.68. The van der Waals surface area contributed by atoms with Crippen LogP contribution in [0.4, 0.5) is 5.69 Å². The van der Waals surface area contributed by atoms with E-state index >= 15 is 0 Å². The summed E-state index contributed by atoms with van der Waals surface area (Å²) in [6, 6.07) is 10.7. The van der Waals surface area contributed by atoms with Crippen LogP contribution in [-0.4, -0.2) is 47.1 Å². The standard InChI is InChI=1S/C17H18ClN3O2/c18-14-3-5-15(6-4-14)20-8-10-21(11-9-20)16(17(22)23)13-2-1-7-19-12-13/h1-7,12,16H,8-11H2,(H,22,23)/t16-/m0/s1. The Balaban J connectivity index is 1.69. The van der Waals surface area contributed by atoms with Crippen LogP contribution in [0.15, 0.2) is 48.8 Å². The fourth-order valence-corrected chi connectivity index (χ4v) is 3.06. The van der Waals surface area contributed by atoms with E-state index in [0.29, 0.717) is 13.1 Å². The second-order valence-corrected chi connectivity index (χ2v) is 5.96. The maximum atomic E-state index is 11.7. The number of aliphatic carboxylic acids is 1. The predicted molar refractivity (Wildman–Crippen MR) is 89.9 cm³/mol. The van der Waals surface area contributed by atoms with E-state index in [2.05, 4.69) is 9.88 Å². The Morgan fingerprint density at radius 3 is 2.39 bits per heavy atom. The van der Waals surface area contributed by atoms with Gasteiger partial charge in [0, 0.05) is 49.3 Å². The van der Waals surface area contributed by atoms with Crippen LogP contribution in [0.1, 0.15) is 11.6 Å². The first kappa shape index (κ1) is 15.8. The molecule has 0 bridgehead atoms. The zero-order valence-electron chi connectivity index (χ0n) is 12.6. The van der Waals surface area contributed by atoms with Gasteiger partial charge in [0.25, 0.3) is 0 Å². The quantitative estimate of drug-likeness (QED) is 0.933. The SMILES string of the molecule is O=C(O)[C@H](c1cccnc1)N1CCN(c2ccc(Cl)cc2)CC1. The monoisotopic (exact) mass is 331 g/mol. The molecule has 1 atom stereocenters. The van der Waals surface area contributed by atoms with Gasteiger partial charge in [-0.05, 0) is 35.9 Å². The van der Waals surface area contributed by atoms with E-state index in [9.17, 15) is 9.90 Å². The lowest BCUT2D eigenvalue weighted by Crippen LogP contribution is -2.49. The van der Waals surface area contributed by atoms with Crippen LogP contribution in [0.3, 0.4) is 0 Å². The molecule has 2 aromatic rings. The summed E-state index contributed by atoms with van der Waals surface area (Å²) in [7, 11) is 0. The third kappa shape index (κ3) is 3.63. The molecule has 1 aliphatic rings. The number of rotatable bonds is 4. The Morgan fingerprint density at radius 1 is 1.13 bits per heavy atom. The number of carboxylic acid groups (broad SMARTS) is 1. The third-order valence-corrected chi connectivity index (χ3v) is 4.36. The molecule has 1 saturated heterocycles. The van der Waals surface area contributed by atoms with Crippen molar-refractivity contribution in [3.05, 3.63) is 59.4 Å². The van der Waals surface area contributed by atoms with Gasteiger partial charge in [-0.15, -0.1) is 0 Å². The summed E-state index contributed by atoms with van der Waals surface area (Å²) in [5.41, 5.74) is 1.84. The Bertz CT molecular complexity index is 655. The maximum Gasteiger partial charge on any atom is 0.325 e. The van der Waals surface area contributed by atoms with Gasteiger partial charge >= 0.3 is 5.97 Å². The van der Waals surface area contributed by atoms with Gasteiger partial charge in [-0.1, -0.05) is 17.7 Å². The van der Waals surface area contributed by atoms with Crippen molar-refractivity contribution >= 4 is 23.3 Å². The van der Waals surface area contributed by atoms with Crippen molar-refractivity contribution in [2.75, 3.05) is 31.1 Å². The number of carboxylic acids is 1. The van der Waals surface area contributed by atoms with Crippen molar-refractivity contribution < 1.29 is 9.90 Å². The van der Waals surface area contributed by atoms with E-state index in [1.54, 1.807) is 18.5 Å². The van der Waals surface area contributed by atoms with Gasteiger partial charge in [-0.2, -0.15) is 0 Å². The third-order valence-electron chi connectivity index (χ3n) is 4.11. The van der Waals surface area contributed by atoms with Crippen molar-refractivity contribution in [3.8, 4) is 0 Å². The second kappa shape index (κ2) is 6.98. The molecule has 0 aliphatic carbocycles. The lowest BCUT2D eigenvalue weighted by Gasteiger charge is -2.38. The molecule has 0 spiro atoms. The van der Waals surface area contributed by atoms with Crippen molar-refractivity contribution in [3.63, 3.8) is 0 Å². The van der Waals surface area contributed by atoms with E-state index in [1.807, 2.05) is 35.2 Å². The molecule has 1 aliphatic heterocycles. The highest BCUT2D eigenvalue weighted by molar-refractivity contribution is 6.30.